The maximum atomic E-state index is 9.18. The first-order chi connectivity index (χ1) is 8.80. The van der Waals surface area contributed by atoms with Gasteiger partial charge in [-0.1, -0.05) is 6.58 Å². The molecule has 0 aliphatic carbocycles. The maximum Gasteiger partial charge on any atom is 0.496 e. The Hall–Kier alpha value is -1.64. The highest BCUT2D eigenvalue weighted by Gasteiger charge is 2.52. The van der Waals surface area contributed by atoms with E-state index in [9.17, 15) is 5.26 Å². The average Bonchev–Trinajstić information content (AvgIpc) is 2.57. The SMILES string of the molecule is C=Cc1cc(B2OC(C)(C)C(C)(C)O2)c(C#N)cn1. The van der Waals surface area contributed by atoms with Crippen LogP contribution in [-0.2, 0) is 9.31 Å². The van der Waals surface area contributed by atoms with E-state index >= 15 is 0 Å². The minimum Gasteiger partial charge on any atom is -0.399 e. The van der Waals surface area contributed by atoms with Crippen LogP contribution in [0, 0.1) is 11.3 Å². The minimum absolute atomic E-state index is 0.429. The highest BCUT2D eigenvalue weighted by atomic mass is 16.7. The molecule has 0 N–H and O–H groups in total. The van der Waals surface area contributed by atoms with Gasteiger partial charge in [-0.15, -0.1) is 0 Å². The van der Waals surface area contributed by atoms with Crippen LogP contribution in [0.5, 0.6) is 0 Å². The third-order valence-electron chi connectivity index (χ3n) is 3.79. The van der Waals surface area contributed by atoms with E-state index in [-0.39, 0.29) is 0 Å². The Labute approximate surface area is 114 Å². The van der Waals surface area contributed by atoms with E-state index in [4.69, 9.17) is 9.31 Å². The van der Waals surface area contributed by atoms with E-state index in [1.807, 2.05) is 27.7 Å². The van der Waals surface area contributed by atoms with Gasteiger partial charge in [-0.05, 0) is 39.8 Å². The molecule has 0 unspecified atom stereocenters. The third-order valence-corrected chi connectivity index (χ3v) is 3.79. The molecule has 0 aromatic carbocycles. The van der Waals surface area contributed by atoms with E-state index in [1.54, 1.807) is 12.1 Å². The molecule has 0 amide bonds. The first kappa shape index (κ1) is 13.8. The Balaban J connectivity index is 2.44. The molecular weight excluding hydrogens is 239 g/mol. The monoisotopic (exact) mass is 256 g/mol. The van der Waals surface area contributed by atoms with E-state index in [2.05, 4.69) is 17.6 Å². The highest BCUT2D eigenvalue weighted by Crippen LogP contribution is 2.36. The van der Waals surface area contributed by atoms with Gasteiger partial charge in [0.2, 0.25) is 0 Å². The molecule has 1 aliphatic rings. The van der Waals surface area contributed by atoms with E-state index in [0.717, 1.165) is 0 Å². The van der Waals surface area contributed by atoms with Gasteiger partial charge in [-0.25, -0.2) is 0 Å². The predicted octanol–water partition coefficient (Wildman–Crippen LogP) is 1.90. The summed E-state index contributed by atoms with van der Waals surface area (Å²) in [5, 5.41) is 9.18. The predicted molar refractivity (Wildman–Crippen MR) is 74.8 cm³/mol. The molecule has 0 saturated carbocycles. The summed E-state index contributed by atoms with van der Waals surface area (Å²) in [5.74, 6) is 0. The van der Waals surface area contributed by atoms with Gasteiger partial charge in [-0.3, -0.25) is 4.98 Å². The van der Waals surface area contributed by atoms with Crippen LogP contribution in [-0.4, -0.2) is 23.3 Å². The summed E-state index contributed by atoms with van der Waals surface area (Å²) in [6, 6.07) is 3.91. The van der Waals surface area contributed by atoms with Crippen LogP contribution < -0.4 is 5.46 Å². The average molecular weight is 256 g/mol. The lowest BCUT2D eigenvalue weighted by molar-refractivity contribution is 0.00578. The third kappa shape index (κ3) is 2.29. The smallest absolute Gasteiger partial charge is 0.399 e. The van der Waals surface area contributed by atoms with Gasteiger partial charge in [0.15, 0.2) is 0 Å². The molecule has 0 spiro atoms. The lowest BCUT2D eigenvalue weighted by Crippen LogP contribution is -2.41. The summed E-state index contributed by atoms with van der Waals surface area (Å²) in [6.07, 6.45) is 3.16. The second kappa shape index (κ2) is 4.48. The zero-order chi connectivity index (χ0) is 14.3. The molecule has 2 rings (SSSR count). The summed E-state index contributed by atoms with van der Waals surface area (Å²) in [5.41, 5.74) is 1.00. The van der Waals surface area contributed by atoms with Crippen LogP contribution in [0.25, 0.3) is 6.08 Å². The van der Waals surface area contributed by atoms with Gasteiger partial charge in [0.1, 0.15) is 6.07 Å². The quantitative estimate of drug-likeness (QED) is 0.758. The number of pyridine rings is 1. The number of nitriles is 1. The van der Waals surface area contributed by atoms with Gasteiger partial charge in [0.25, 0.3) is 0 Å². The number of nitrogens with zero attached hydrogens (tertiary/aromatic N) is 2. The van der Waals surface area contributed by atoms with Crippen molar-refractivity contribution in [2.45, 2.75) is 38.9 Å². The molecule has 1 aromatic heterocycles. The van der Waals surface area contributed by atoms with Crippen LogP contribution >= 0.6 is 0 Å². The van der Waals surface area contributed by atoms with Gasteiger partial charge in [0.05, 0.1) is 22.5 Å². The Morgan fingerprint density at radius 1 is 1.32 bits per heavy atom. The van der Waals surface area contributed by atoms with Crippen LogP contribution in [0.3, 0.4) is 0 Å². The van der Waals surface area contributed by atoms with Gasteiger partial charge < -0.3 is 9.31 Å². The minimum atomic E-state index is -0.554. The summed E-state index contributed by atoms with van der Waals surface area (Å²) >= 11 is 0. The number of hydrogen-bond donors (Lipinski definition) is 0. The standard InChI is InChI=1S/C14H17BN2O2/c1-6-11-7-12(10(8-16)9-17-11)15-18-13(2,3)14(4,5)19-15/h6-7,9H,1H2,2-5H3. The van der Waals surface area contributed by atoms with Crippen LogP contribution in [0.4, 0.5) is 0 Å². The van der Waals surface area contributed by atoms with Crippen LogP contribution in [0.1, 0.15) is 39.0 Å². The number of aromatic nitrogens is 1. The molecule has 1 fully saturated rings. The summed E-state index contributed by atoms with van der Waals surface area (Å²) in [4.78, 5) is 4.12. The van der Waals surface area contributed by atoms with Crippen molar-refractivity contribution in [2.75, 3.05) is 0 Å². The molecule has 0 bridgehead atoms. The van der Waals surface area contributed by atoms with Crippen LogP contribution in [0.2, 0.25) is 0 Å². The van der Waals surface area contributed by atoms with Gasteiger partial charge >= 0.3 is 7.12 Å². The lowest BCUT2D eigenvalue weighted by Gasteiger charge is -2.32. The zero-order valence-electron chi connectivity index (χ0n) is 11.7. The van der Waals surface area contributed by atoms with Crippen LogP contribution in [0.15, 0.2) is 18.8 Å². The normalized spacial score (nSPS) is 20.1. The molecule has 2 heterocycles. The van der Waals surface area contributed by atoms with Crippen molar-refractivity contribution in [2.24, 2.45) is 0 Å². The van der Waals surface area contributed by atoms with Crippen molar-refractivity contribution in [3.05, 3.63) is 30.1 Å². The Kier molecular flexibility index (Phi) is 3.25. The molecule has 1 aromatic rings. The number of hydrogen-bond acceptors (Lipinski definition) is 4. The largest absolute Gasteiger partial charge is 0.496 e. The fourth-order valence-corrected chi connectivity index (χ4v) is 1.86. The first-order valence-corrected chi connectivity index (χ1v) is 6.19. The fourth-order valence-electron chi connectivity index (χ4n) is 1.86. The van der Waals surface area contributed by atoms with Crippen molar-refractivity contribution in [1.82, 2.24) is 4.98 Å². The molecule has 98 valence electrons. The molecule has 5 heteroatoms. The molecule has 4 nitrogen and oxygen atoms in total. The van der Waals surface area contributed by atoms with Crippen molar-refractivity contribution in [3.8, 4) is 6.07 Å². The van der Waals surface area contributed by atoms with E-state index in [1.165, 1.54) is 6.20 Å². The van der Waals surface area contributed by atoms with E-state index in [0.29, 0.717) is 16.7 Å². The molecule has 0 atom stereocenters. The fraction of sp³-hybridized carbons (Fsp3) is 0.429. The van der Waals surface area contributed by atoms with Crippen molar-refractivity contribution < 1.29 is 9.31 Å². The summed E-state index contributed by atoms with van der Waals surface area (Å²) in [6.45, 7) is 11.6. The van der Waals surface area contributed by atoms with E-state index < -0.39 is 18.3 Å². The van der Waals surface area contributed by atoms with Gasteiger partial charge in [0, 0.05) is 11.7 Å². The number of rotatable bonds is 2. The molecule has 1 saturated heterocycles. The maximum absolute atomic E-state index is 9.18. The second-order valence-electron chi connectivity index (χ2n) is 5.60. The Bertz CT molecular complexity index is 545. The topological polar surface area (TPSA) is 55.1 Å². The van der Waals surface area contributed by atoms with Gasteiger partial charge in [-0.2, -0.15) is 5.26 Å². The second-order valence-corrected chi connectivity index (χ2v) is 5.60. The Morgan fingerprint density at radius 3 is 2.37 bits per heavy atom. The molecule has 0 radical (unpaired) electrons. The lowest BCUT2D eigenvalue weighted by atomic mass is 9.76. The molecule has 19 heavy (non-hydrogen) atoms. The van der Waals surface area contributed by atoms with Crippen molar-refractivity contribution in [3.63, 3.8) is 0 Å². The Morgan fingerprint density at radius 2 is 1.89 bits per heavy atom. The van der Waals surface area contributed by atoms with Crippen molar-refractivity contribution >= 4 is 18.7 Å². The summed E-state index contributed by atoms with van der Waals surface area (Å²) in [7, 11) is -0.554. The molecular formula is C14H17BN2O2. The summed E-state index contributed by atoms with van der Waals surface area (Å²) < 4.78 is 11.9. The highest BCUT2D eigenvalue weighted by molar-refractivity contribution is 6.62. The molecule has 1 aliphatic heterocycles. The zero-order valence-corrected chi connectivity index (χ0v) is 11.7. The first-order valence-electron chi connectivity index (χ1n) is 6.19. The van der Waals surface area contributed by atoms with Crippen molar-refractivity contribution in [1.29, 1.82) is 5.26 Å².